The van der Waals surface area contributed by atoms with Crippen molar-refractivity contribution in [2.75, 3.05) is 6.54 Å². The van der Waals surface area contributed by atoms with Gasteiger partial charge in [-0.15, -0.1) is 0 Å². The van der Waals surface area contributed by atoms with Crippen LogP contribution in [0.1, 0.15) is 55.1 Å². The molecule has 8 nitrogen and oxygen atoms in total. The Morgan fingerprint density at radius 3 is 2.32 bits per heavy atom. The van der Waals surface area contributed by atoms with Gasteiger partial charge in [0.05, 0.1) is 5.56 Å². The van der Waals surface area contributed by atoms with Crippen molar-refractivity contribution in [2.24, 2.45) is 0 Å². The molecule has 0 saturated heterocycles. The molecule has 1 aliphatic rings. The topological polar surface area (TPSA) is 104 Å². The third-order valence-electron chi connectivity index (χ3n) is 5.86. The summed E-state index contributed by atoms with van der Waals surface area (Å²) in [5.41, 5.74) is 2.07. The Labute approximate surface area is 201 Å². The molecule has 1 N–H and O–H groups in total. The minimum atomic E-state index is -3.92. The number of nitrogens with zero attached hydrogens (tertiary/aromatic N) is 2. The van der Waals surface area contributed by atoms with E-state index in [2.05, 4.69) is 5.32 Å². The maximum absolute atomic E-state index is 13.2. The van der Waals surface area contributed by atoms with Crippen LogP contribution in [0.15, 0.2) is 53.4 Å². The molecule has 1 aliphatic heterocycles. The largest absolute Gasteiger partial charge is 0.352 e. The third kappa shape index (κ3) is 5.30. The van der Waals surface area contributed by atoms with Gasteiger partial charge in [0, 0.05) is 25.6 Å². The minimum Gasteiger partial charge on any atom is -0.352 e. The number of hydrogen-bond donors (Lipinski definition) is 1. The summed E-state index contributed by atoms with van der Waals surface area (Å²) in [5.74, 6) is -1.12. The van der Waals surface area contributed by atoms with Gasteiger partial charge < -0.3 is 10.2 Å². The van der Waals surface area contributed by atoms with E-state index in [1.54, 1.807) is 19.1 Å². The van der Waals surface area contributed by atoms with Crippen LogP contribution in [0.25, 0.3) is 0 Å². The molecule has 0 fully saturated rings. The van der Waals surface area contributed by atoms with Gasteiger partial charge in [0.1, 0.15) is 10.9 Å². The smallest absolute Gasteiger partial charge is 0.269 e. The van der Waals surface area contributed by atoms with Crippen LogP contribution in [0.5, 0.6) is 0 Å². The SMILES string of the molecule is Cc1ccccc1CN(C(=O)CCCN1C(=O)c2ccccc2S1(=O)=O)C(C)C(=O)NC(C)C. The van der Waals surface area contributed by atoms with Gasteiger partial charge in [-0.25, -0.2) is 12.7 Å². The fourth-order valence-corrected chi connectivity index (χ4v) is 5.54. The fourth-order valence-electron chi connectivity index (χ4n) is 3.93. The summed E-state index contributed by atoms with van der Waals surface area (Å²) in [7, 11) is -3.92. The molecule has 1 atom stereocenters. The molecule has 1 unspecified atom stereocenters. The Morgan fingerprint density at radius 1 is 1.03 bits per heavy atom. The number of amides is 3. The highest BCUT2D eigenvalue weighted by Crippen LogP contribution is 2.30. The van der Waals surface area contributed by atoms with Crippen molar-refractivity contribution in [1.82, 2.24) is 14.5 Å². The molecule has 0 bridgehead atoms. The lowest BCUT2D eigenvalue weighted by atomic mass is 10.1. The van der Waals surface area contributed by atoms with Crippen LogP contribution in [-0.4, -0.2) is 54.0 Å². The van der Waals surface area contributed by atoms with E-state index in [1.165, 1.54) is 17.0 Å². The highest BCUT2D eigenvalue weighted by Gasteiger charge is 2.40. The minimum absolute atomic E-state index is 0.000818. The van der Waals surface area contributed by atoms with E-state index in [9.17, 15) is 22.8 Å². The molecule has 9 heteroatoms. The summed E-state index contributed by atoms with van der Waals surface area (Å²) >= 11 is 0. The predicted molar refractivity (Wildman–Crippen MR) is 128 cm³/mol. The Hall–Kier alpha value is -3.20. The molecule has 0 aromatic heterocycles. The van der Waals surface area contributed by atoms with Gasteiger partial charge >= 0.3 is 0 Å². The normalized spacial score (nSPS) is 15.2. The summed E-state index contributed by atoms with van der Waals surface area (Å²) in [5, 5.41) is 2.84. The highest BCUT2D eigenvalue weighted by molar-refractivity contribution is 7.90. The number of carbonyl (C=O) groups excluding carboxylic acids is 3. The summed E-state index contributed by atoms with van der Waals surface area (Å²) < 4.78 is 26.3. The van der Waals surface area contributed by atoms with E-state index in [-0.39, 0.29) is 54.2 Å². The van der Waals surface area contributed by atoms with Crippen molar-refractivity contribution >= 4 is 27.7 Å². The van der Waals surface area contributed by atoms with Gasteiger partial charge in [-0.1, -0.05) is 36.4 Å². The second kappa shape index (κ2) is 10.4. The Balaban J connectivity index is 1.72. The number of carbonyl (C=O) groups is 3. The van der Waals surface area contributed by atoms with Crippen LogP contribution in [0, 0.1) is 6.92 Å². The molecule has 34 heavy (non-hydrogen) atoms. The highest BCUT2D eigenvalue weighted by atomic mass is 32.2. The van der Waals surface area contributed by atoms with Gasteiger partial charge in [-0.2, -0.15) is 0 Å². The summed E-state index contributed by atoms with van der Waals surface area (Å²) in [6, 6.07) is 12.9. The molecule has 182 valence electrons. The van der Waals surface area contributed by atoms with E-state index < -0.39 is 22.0 Å². The molecule has 0 radical (unpaired) electrons. The molecule has 0 aliphatic carbocycles. The number of aryl methyl sites for hydroxylation is 1. The van der Waals surface area contributed by atoms with Crippen molar-refractivity contribution < 1.29 is 22.8 Å². The van der Waals surface area contributed by atoms with E-state index in [0.717, 1.165) is 15.4 Å². The molecule has 0 saturated carbocycles. The standard InChI is InChI=1S/C25H31N3O5S/c1-17(2)26-24(30)19(4)27(16-20-11-6-5-10-18(20)3)23(29)14-9-15-28-25(31)21-12-7-8-13-22(21)34(28,32)33/h5-8,10-13,17,19H,9,14-16H2,1-4H3,(H,26,30). The summed E-state index contributed by atoms with van der Waals surface area (Å²) in [6.45, 7) is 7.47. The molecule has 3 rings (SSSR count). The van der Waals surface area contributed by atoms with Crippen LogP contribution >= 0.6 is 0 Å². The van der Waals surface area contributed by atoms with Crippen molar-refractivity contribution in [3.63, 3.8) is 0 Å². The first-order chi connectivity index (χ1) is 16.0. The Bertz CT molecular complexity index is 1190. The second-order valence-electron chi connectivity index (χ2n) is 8.77. The quantitative estimate of drug-likeness (QED) is 0.588. The zero-order valence-corrected chi connectivity index (χ0v) is 20.8. The average Bonchev–Trinajstić information content (AvgIpc) is 2.98. The van der Waals surface area contributed by atoms with E-state index >= 15 is 0 Å². The zero-order chi connectivity index (χ0) is 25.0. The molecular formula is C25H31N3O5S. The zero-order valence-electron chi connectivity index (χ0n) is 19.9. The van der Waals surface area contributed by atoms with Gasteiger partial charge in [0.15, 0.2) is 0 Å². The molecule has 0 spiro atoms. The van der Waals surface area contributed by atoms with Gasteiger partial charge in [-0.05, 0) is 57.4 Å². The monoisotopic (exact) mass is 485 g/mol. The summed E-state index contributed by atoms with van der Waals surface area (Å²) in [6.07, 6.45) is 0.154. The predicted octanol–water partition coefficient (Wildman–Crippen LogP) is 2.86. The van der Waals surface area contributed by atoms with Crippen molar-refractivity contribution in [2.45, 2.75) is 64.1 Å². The van der Waals surface area contributed by atoms with Crippen molar-refractivity contribution in [1.29, 1.82) is 0 Å². The number of nitrogens with one attached hydrogen (secondary N) is 1. The molecular weight excluding hydrogens is 454 g/mol. The van der Waals surface area contributed by atoms with Crippen molar-refractivity contribution in [3.05, 3.63) is 65.2 Å². The second-order valence-corrected chi connectivity index (χ2v) is 10.6. The lowest BCUT2D eigenvalue weighted by molar-refractivity contribution is -0.140. The van der Waals surface area contributed by atoms with E-state index in [0.29, 0.717) is 0 Å². The van der Waals surface area contributed by atoms with Crippen LogP contribution in [0.3, 0.4) is 0 Å². The van der Waals surface area contributed by atoms with Crippen LogP contribution in [0.4, 0.5) is 0 Å². The number of benzene rings is 2. The molecule has 3 amide bonds. The third-order valence-corrected chi connectivity index (χ3v) is 7.70. The van der Waals surface area contributed by atoms with Crippen LogP contribution in [-0.2, 0) is 26.2 Å². The maximum Gasteiger partial charge on any atom is 0.269 e. The van der Waals surface area contributed by atoms with Gasteiger partial charge in [0.2, 0.25) is 11.8 Å². The number of hydrogen-bond acceptors (Lipinski definition) is 5. The first kappa shape index (κ1) is 25.4. The van der Waals surface area contributed by atoms with Crippen molar-refractivity contribution in [3.8, 4) is 0 Å². The van der Waals surface area contributed by atoms with E-state index in [1.807, 2.05) is 45.0 Å². The molecule has 2 aromatic rings. The Kier molecular flexibility index (Phi) is 7.76. The number of fused-ring (bicyclic) bond motifs is 1. The fraction of sp³-hybridized carbons (Fsp3) is 0.400. The lowest BCUT2D eigenvalue weighted by Gasteiger charge is -2.30. The van der Waals surface area contributed by atoms with Crippen LogP contribution in [0.2, 0.25) is 0 Å². The van der Waals surface area contributed by atoms with Crippen LogP contribution < -0.4 is 5.32 Å². The summed E-state index contributed by atoms with van der Waals surface area (Å²) in [4.78, 5) is 40.0. The van der Waals surface area contributed by atoms with E-state index in [4.69, 9.17) is 0 Å². The number of sulfonamides is 1. The Morgan fingerprint density at radius 2 is 1.68 bits per heavy atom. The first-order valence-electron chi connectivity index (χ1n) is 11.3. The average molecular weight is 486 g/mol. The molecule has 1 heterocycles. The lowest BCUT2D eigenvalue weighted by Crippen LogP contribution is -2.49. The van der Waals surface area contributed by atoms with Gasteiger partial charge in [0.25, 0.3) is 15.9 Å². The molecule has 2 aromatic carbocycles. The maximum atomic E-state index is 13.2. The first-order valence-corrected chi connectivity index (χ1v) is 12.8. The number of rotatable bonds is 9. The van der Waals surface area contributed by atoms with Gasteiger partial charge in [-0.3, -0.25) is 14.4 Å².